The Bertz CT molecular complexity index is 832. The number of morpholine rings is 1. The maximum absolute atomic E-state index is 13.3. The number of amides is 1. The van der Waals surface area contributed by atoms with Crippen LogP contribution in [-0.2, 0) is 18.8 Å². The monoisotopic (exact) mass is 401 g/mol. The number of likely N-dealkylation sites (N-methyl/N-ethyl adjacent to an activating group) is 1. The van der Waals surface area contributed by atoms with Crippen molar-refractivity contribution < 1.29 is 9.53 Å². The number of ether oxygens (including phenoxy) is 1. The first-order valence-electron chi connectivity index (χ1n) is 10.3. The Morgan fingerprint density at radius 2 is 1.83 bits per heavy atom. The number of carbonyl (C=O) groups is 1. The van der Waals surface area contributed by atoms with Crippen molar-refractivity contribution in [1.82, 2.24) is 34.3 Å². The van der Waals surface area contributed by atoms with Crippen molar-refractivity contribution in [3.05, 3.63) is 35.9 Å². The number of nitrogens with zero attached hydrogens (tertiary/aromatic N) is 7. The molecule has 4 rings (SSSR count). The van der Waals surface area contributed by atoms with Gasteiger partial charge in [0.1, 0.15) is 0 Å². The van der Waals surface area contributed by atoms with Gasteiger partial charge in [0.15, 0.2) is 0 Å². The van der Waals surface area contributed by atoms with Gasteiger partial charge < -0.3 is 14.5 Å². The van der Waals surface area contributed by atoms with E-state index in [4.69, 9.17) is 4.74 Å². The maximum atomic E-state index is 13.3. The molecule has 9 nitrogen and oxygen atoms in total. The molecule has 0 spiro atoms. The molecule has 2 aromatic rings. The van der Waals surface area contributed by atoms with Gasteiger partial charge in [0, 0.05) is 58.2 Å². The molecule has 0 radical (unpaired) electrons. The van der Waals surface area contributed by atoms with Crippen molar-refractivity contribution in [2.45, 2.75) is 18.6 Å². The van der Waals surface area contributed by atoms with E-state index in [1.807, 2.05) is 31.4 Å². The first-order chi connectivity index (χ1) is 14.0. The topological polar surface area (TPSA) is 71.7 Å². The minimum absolute atomic E-state index is 0.00384. The van der Waals surface area contributed by atoms with Crippen LogP contribution in [0.2, 0.25) is 0 Å². The molecule has 1 amide bonds. The molecule has 0 aromatic carbocycles. The molecule has 2 atom stereocenters. The van der Waals surface area contributed by atoms with Crippen LogP contribution in [0.15, 0.2) is 24.8 Å². The van der Waals surface area contributed by atoms with Crippen LogP contribution in [0.3, 0.4) is 0 Å². The highest BCUT2D eigenvalue weighted by Crippen LogP contribution is 2.31. The zero-order valence-electron chi connectivity index (χ0n) is 17.6. The first kappa shape index (κ1) is 20.1. The van der Waals surface area contributed by atoms with Crippen molar-refractivity contribution in [2.75, 3.05) is 52.9 Å². The molecule has 2 fully saturated rings. The molecule has 29 heavy (non-hydrogen) atoms. The lowest BCUT2D eigenvalue weighted by atomic mass is 9.99. The lowest BCUT2D eigenvalue weighted by Crippen LogP contribution is -2.52. The summed E-state index contributed by atoms with van der Waals surface area (Å²) in [6.07, 6.45) is 8.32. The van der Waals surface area contributed by atoms with E-state index in [1.54, 1.807) is 21.8 Å². The Morgan fingerprint density at radius 1 is 1.03 bits per heavy atom. The van der Waals surface area contributed by atoms with Gasteiger partial charge in [0.05, 0.1) is 36.7 Å². The third-order valence-electron chi connectivity index (χ3n) is 5.88. The Hall–Kier alpha value is -2.23. The molecule has 2 saturated heterocycles. The van der Waals surface area contributed by atoms with Gasteiger partial charge in [-0.15, -0.1) is 0 Å². The number of aryl methyl sites for hydroxylation is 2. The Kier molecular flexibility index (Phi) is 5.98. The third kappa shape index (κ3) is 4.52. The molecule has 0 aliphatic carbocycles. The zero-order valence-corrected chi connectivity index (χ0v) is 17.6. The summed E-state index contributed by atoms with van der Waals surface area (Å²) in [6.45, 7) is 6.17. The van der Waals surface area contributed by atoms with Crippen molar-refractivity contribution in [3.8, 4) is 0 Å². The Balaban J connectivity index is 1.58. The minimum atomic E-state index is -0.161. The molecule has 0 N–H and O–H groups in total. The number of hydrogen-bond acceptors (Lipinski definition) is 6. The van der Waals surface area contributed by atoms with Crippen LogP contribution in [0.5, 0.6) is 0 Å². The maximum Gasteiger partial charge on any atom is 0.257 e. The van der Waals surface area contributed by atoms with Crippen molar-refractivity contribution in [3.63, 3.8) is 0 Å². The molecule has 2 aliphatic rings. The van der Waals surface area contributed by atoms with E-state index in [0.717, 1.165) is 44.7 Å². The highest BCUT2D eigenvalue weighted by Gasteiger charge is 2.38. The Labute approximate surface area is 171 Å². The molecular weight excluding hydrogens is 370 g/mol. The number of aromatic nitrogens is 4. The second-order valence-corrected chi connectivity index (χ2v) is 8.16. The minimum Gasteiger partial charge on any atom is -0.373 e. The highest BCUT2D eigenvalue weighted by molar-refractivity contribution is 5.94. The van der Waals surface area contributed by atoms with Crippen molar-refractivity contribution >= 4 is 5.91 Å². The summed E-state index contributed by atoms with van der Waals surface area (Å²) in [7, 11) is 5.90. The van der Waals surface area contributed by atoms with Gasteiger partial charge in [-0.2, -0.15) is 10.2 Å². The first-order valence-corrected chi connectivity index (χ1v) is 10.3. The predicted molar refractivity (Wildman–Crippen MR) is 108 cm³/mol. The molecule has 0 saturated carbocycles. The average Bonchev–Trinajstić information content (AvgIpc) is 3.27. The fraction of sp³-hybridized carbons (Fsp3) is 0.650. The van der Waals surface area contributed by atoms with Gasteiger partial charge in [-0.25, -0.2) is 0 Å². The van der Waals surface area contributed by atoms with Crippen LogP contribution in [0.4, 0.5) is 0 Å². The second kappa shape index (κ2) is 8.64. The van der Waals surface area contributed by atoms with E-state index in [0.29, 0.717) is 18.7 Å². The number of rotatable bonds is 4. The number of carbonyl (C=O) groups excluding carboxylic acids is 1. The van der Waals surface area contributed by atoms with Gasteiger partial charge in [-0.3, -0.25) is 19.1 Å². The fourth-order valence-corrected chi connectivity index (χ4v) is 4.34. The number of hydrogen-bond donors (Lipinski definition) is 0. The second-order valence-electron chi connectivity index (χ2n) is 8.16. The van der Waals surface area contributed by atoms with Crippen molar-refractivity contribution in [2.24, 2.45) is 14.1 Å². The van der Waals surface area contributed by atoms with E-state index in [9.17, 15) is 4.79 Å². The fourth-order valence-electron chi connectivity index (χ4n) is 4.34. The molecule has 9 heteroatoms. The summed E-state index contributed by atoms with van der Waals surface area (Å²) in [4.78, 5) is 20.1. The molecule has 2 aliphatic heterocycles. The van der Waals surface area contributed by atoms with E-state index in [1.165, 1.54) is 0 Å². The zero-order chi connectivity index (χ0) is 20.4. The van der Waals surface area contributed by atoms with Crippen molar-refractivity contribution in [1.29, 1.82) is 0 Å². The third-order valence-corrected chi connectivity index (χ3v) is 5.88. The molecular formula is C20H31N7O2. The smallest absolute Gasteiger partial charge is 0.257 e. The SMILES string of the molecule is CN1CCCN(C[C@@H]2OCCN(C(=O)c3cnn(C)c3)[C@H]2c2cnn(C)c2)CC1. The summed E-state index contributed by atoms with van der Waals surface area (Å²) in [5, 5.41) is 8.53. The molecule has 2 aromatic heterocycles. The van der Waals surface area contributed by atoms with Crippen LogP contribution in [0.1, 0.15) is 28.4 Å². The summed E-state index contributed by atoms with van der Waals surface area (Å²) < 4.78 is 9.69. The van der Waals surface area contributed by atoms with Crippen LogP contribution >= 0.6 is 0 Å². The predicted octanol–water partition coefficient (Wildman–Crippen LogP) is 0.373. The van der Waals surface area contributed by atoms with Gasteiger partial charge in [-0.05, 0) is 26.6 Å². The van der Waals surface area contributed by atoms with E-state index >= 15 is 0 Å². The molecule has 4 heterocycles. The average molecular weight is 402 g/mol. The summed E-state index contributed by atoms with van der Waals surface area (Å²) in [5.41, 5.74) is 1.62. The Morgan fingerprint density at radius 3 is 2.55 bits per heavy atom. The van der Waals surface area contributed by atoms with E-state index < -0.39 is 0 Å². The summed E-state index contributed by atoms with van der Waals surface area (Å²) in [5.74, 6) is -0.00384. The van der Waals surface area contributed by atoms with E-state index in [2.05, 4.69) is 27.0 Å². The van der Waals surface area contributed by atoms with Gasteiger partial charge in [0.2, 0.25) is 0 Å². The lowest BCUT2D eigenvalue weighted by molar-refractivity contribution is -0.0723. The van der Waals surface area contributed by atoms with Gasteiger partial charge >= 0.3 is 0 Å². The quantitative estimate of drug-likeness (QED) is 0.737. The van der Waals surface area contributed by atoms with Gasteiger partial charge in [0.25, 0.3) is 5.91 Å². The van der Waals surface area contributed by atoms with E-state index in [-0.39, 0.29) is 18.1 Å². The van der Waals surface area contributed by atoms with Crippen LogP contribution in [-0.4, -0.2) is 99.2 Å². The van der Waals surface area contributed by atoms with Gasteiger partial charge in [-0.1, -0.05) is 0 Å². The normalized spacial score (nSPS) is 24.6. The van der Waals surface area contributed by atoms with Crippen LogP contribution in [0.25, 0.3) is 0 Å². The molecule has 158 valence electrons. The largest absolute Gasteiger partial charge is 0.373 e. The molecule has 0 bridgehead atoms. The van der Waals surface area contributed by atoms with Crippen LogP contribution < -0.4 is 0 Å². The molecule has 0 unspecified atom stereocenters. The van der Waals surface area contributed by atoms with Crippen LogP contribution in [0, 0.1) is 0 Å². The lowest BCUT2D eigenvalue weighted by Gasteiger charge is -2.42. The summed E-state index contributed by atoms with van der Waals surface area (Å²) >= 11 is 0. The summed E-state index contributed by atoms with van der Waals surface area (Å²) in [6, 6.07) is -0.161. The highest BCUT2D eigenvalue weighted by atomic mass is 16.5. The standard InChI is InChI=1S/C20H31N7O2/c1-23-5-4-6-26(8-7-23)15-18-19(16-11-21-24(2)13-16)27(9-10-29-18)20(28)17-12-22-25(3)14-17/h11-14,18-19H,4-10,15H2,1-3H3/t18-,19-/m0/s1.